The smallest absolute Gasteiger partial charge is 0.0522 e. The van der Waals surface area contributed by atoms with Crippen molar-refractivity contribution in [3.05, 3.63) is 42.0 Å². The zero-order valence-electron chi connectivity index (χ0n) is 12.1. The first-order valence-corrected chi connectivity index (χ1v) is 6.96. The van der Waals surface area contributed by atoms with Crippen molar-refractivity contribution < 1.29 is 0 Å². The highest BCUT2D eigenvalue weighted by Gasteiger charge is 2.00. The molecule has 1 N–H and O–H groups in total. The summed E-state index contributed by atoms with van der Waals surface area (Å²) in [5.74, 6) is 0.702. The summed E-state index contributed by atoms with van der Waals surface area (Å²) in [4.78, 5) is 0. The minimum atomic E-state index is 0.702. The van der Waals surface area contributed by atoms with Crippen LogP contribution >= 0.6 is 0 Å². The third-order valence-electron chi connectivity index (χ3n) is 3.11. The van der Waals surface area contributed by atoms with Gasteiger partial charge < -0.3 is 9.88 Å². The topological polar surface area (TPSA) is 34.8 Å². The lowest BCUT2D eigenvalue weighted by molar-refractivity contribution is 0.552. The molecule has 0 saturated carbocycles. The van der Waals surface area contributed by atoms with Gasteiger partial charge in [-0.2, -0.15) is 5.10 Å². The standard InChI is InChI=1S/C15H24N4/c1-13(2)8-16-9-14-4-6-19(12-14)7-5-15-10-17-18(3)11-15/h4,6,10-13,16H,5,7-9H2,1-3H3. The summed E-state index contributed by atoms with van der Waals surface area (Å²) in [5, 5.41) is 7.65. The van der Waals surface area contributed by atoms with Crippen LogP contribution in [0.2, 0.25) is 0 Å². The first-order valence-electron chi connectivity index (χ1n) is 6.96. The predicted octanol–water partition coefficient (Wildman–Crippen LogP) is 2.21. The number of nitrogens with one attached hydrogen (secondary N) is 1. The first kappa shape index (κ1) is 13.9. The minimum Gasteiger partial charge on any atom is -0.354 e. The van der Waals surface area contributed by atoms with E-state index in [0.29, 0.717) is 5.92 Å². The lowest BCUT2D eigenvalue weighted by atomic mass is 10.2. The summed E-state index contributed by atoms with van der Waals surface area (Å²) >= 11 is 0. The Morgan fingerprint density at radius 1 is 1.26 bits per heavy atom. The van der Waals surface area contributed by atoms with Crippen LogP contribution in [0.3, 0.4) is 0 Å². The summed E-state index contributed by atoms with van der Waals surface area (Å²) in [6.07, 6.45) is 9.43. The molecule has 2 rings (SSSR count). The Balaban J connectivity index is 1.77. The number of hydrogen-bond acceptors (Lipinski definition) is 2. The quantitative estimate of drug-likeness (QED) is 0.828. The van der Waals surface area contributed by atoms with Crippen LogP contribution in [0, 0.1) is 5.92 Å². The number of rotatable bonds is 7. The van der Waals surface area contributed by atoms with E-state index < -0.39 is 0 Å². The molecule has 0 saturated heterocycles. The Morgan fingerprint density at radius 3 is 2.79 bits per heavy atom. The number of hydrogen-bond donors (Lipinski definition) is 1. The Bertz CT molecular complexity index is 496. The molecule has 0 fully saturated rings. The van der Waals surface area contributed by atoms with Crippen LogP contribution in [0.15, 0.2) is 30.9 Å². The van der Waals surface area contributed by atoms with E-state index in [1.165, 1.54) is 11.1 Å². The summed E-state index contributed by atoms with van der Waals surface area (Å²) in [6, 6.07) is 2.19. The summed E-state index contributed by atoms with van der Waals surface area (Å²) in [6.45, 7) is 7.49. The zero-order valence-corrected chi connectivity index (χ0v) is 12.1. The van der Waals surface area contributed by atoms with Gasteiger partial charge >= 0.3 is 0 Å². The van der Waals surface area contributed by atoms with Crippen LogP contribution in [0.25, 0.3) is 0 Å². The van der Waals surface area contributed by atoms with E-state index in [2.05, 4.69) is 53.5 Å². The molecule has 0 spiro atoms. The van der Waals surface area contributed by atoms with Crippen molar-refractivity contribution in [2.45, 2.75) is 33.4 Å². The molecule has 0 aliphatic carbocycles. The normalized spacial score (nSPS) is 11.4. The molecule has 19 heavy (non-hydrogen) atoms. The summed E-state index contributed by atoms with van der Waals surface area (Å²) in [7, 11) is 1.96. The fourth-order valence-corrected chi connectivity index (χ4v) is 2.10. The Hall–Kier alpha value is -1.55. The van der Waals surface area contributed by atoms with Gasteiger partial charge in [-0.1, -0.05) is 13.8 Å². The van der Waals surface area contributed by atoms with Crippen LogP contribution in [-0.4, -0.2) is 20.9 Å². The van der Waals surface area contributed by atoms with Crippen molar-refractivity contribution in [1.82, 2.24) is 19.7 Å². The van der Waals surface area contributed by atoms with E-state index in [4.69, 9.17) is 0 Å². The lowest BCUT2D eigenvalue weighted by Crippen LogP contribution is -2.18. The number of aromatic nitrogens is 3. The molecular formula is C15H24N4. The second-order valence-electron chi connectivity index (χ2n) is 5.55. The molecule has 104 valence electrons. The average Bonchev–Trinajstić information content (AvgIpc) is 2.95. The second kappa shape index (κ2) is 6.57. The molecule has 0 aromatic carbocycles. The van der Waals surface area contributed by atoms with E-state index in [1.54, 1.807) is 0 Å². The fraction of sp³-hybridized carbons (Fsp3) is 0.533. The average molecular weight is 260 g/mol. The molecule has 0 unspecified atom stereocenters. The highest BCUT2D eigenvalue weighted by atomic mass is 15.2. The first-order chi connectivity index (χ1) is 9.13. The molecular weight excluding hydrogens is 236 g/mol. The van der Waals surface area contributed by atoms with Crippen LogP contribution in [0.4, 0.5) is 0 Å². The Labute approximate surface area is 115 Å². The van der Waals surface area contributed by atoms with Gasteiger partial charge in [0.05, 0.1) is 6.20 Å². The second-order valence-corrected chi connectivity index (χ2v) is 5.55. The maximum absolute atomic E-state index is 4.19. The Kier molecular flexibility index (Phi) is 4.80. The fourth-order valence-electron chi connectivity index (χ4n) is 2.10. The molecule has 0 radical (unpaired) electrons. The van der Waals surface area contributed by atoms with Gasteiger partial charge in [-0.25, -0.2) is 0 Å². The Morgan fingerprint density at radius 2 is 2.11 bits per heavy atom. The largest absolute Gasteiger partial charge is 0.354 e. The molecule has 0 bridgehead atoms. The van der Waals surface area contributed by atoms with Crippen molar-refractivity contribution in [2.75, 3.05) is 6.54 Å². The third kappa shape index (κ3) is 4.56. The van der Waals surface area contributed by atoms with Crippen LogP contribution in [-0.2, 0) is 26.6 Å². The molecule has 0 aliphatic rings. The van der Waals surface area contributed by atoms with Crippen LogP contribution < -0.4 is 5.32 Å². The van der Waals surface area contributed by atoms with Crippen molar-refractivity contribution in [3.63, 3.8) is 0 Å². The molecule has 2 heterocycles. The molecule has 2 aromatic rings. The lowest BCUT2D eigenvalue weighted by Gasteiger charge is -2.05. The summed E-state index contributed by atoms with van der Waals surface area (Å²) < 4.78 is 4.10. The van der Waals surface area contributed by atoms with Crippen LogP contribution in [0.5, 0.6) is 0 Å². The van der Waals surface area contributed by atoms with Gasteiger partial charge in [0.15, 0.2) is 0 Å². The van der Waals surface area contributed by atoms with Crippen molar-refractivity contribution in [2.24, 2.45) is 13.0 Å². The number of aryl methyl sites for hydroxylation is 3. The molecule has 4 nitrogen and oxygen atoms in total. The van der Waals surface area contributed by atoms with E-state index >= 15 is 0 Å². The van der Waals surface area contributed by atoms with Gasteiger partial charge in [0.2, 0.25) is 0 Å². The van der Waals surface area contributed by atoms with E-state index in [9.17, 15) is 0 Å². The molecule has 2 aromatic heterocycles. The van der Waals surface area contributed by atoms with Gasteiger partial charge in [-0.05, 0) is 36.1 Å². The molecule has 0 atom stereocenters. The highest BCUT2D eigenvalue weighted by Crippen LogP contribution is 2.05. The molecule has 0 aliphatic heterocycles. The van der Waals surface area contributed by atoms with Crippen LogP contribution in [0.1, 0.15) is 25.0 Å². The molecule has 0 amide bonds. The minimum absolute atomic E-state index is 0.702. The predicted molar refractivity (Wildman–Crippen MR) is 77.9 cm³/mol. The molecule has 4 heteroatoms. The van der Waals surface area contributed by atoms with E-state index in [1.807, 2.05) is 17.9 Å². The van der Waals surface area contributed by atoms with Gasteiger partial charge in [0.25, 0.3) is 0 Å². The van der Waals surface area contributed by atoms with Gasteiger partial charge in [0, 0.05) is 38.7 Å². The zero-order chi connectivity index (χ0) is 13.7. The maximum Gasteiger partial charge on any atom is 0.0522 e. The van der Waals surface area contributed by atoms with E-state index in [0.717, 1.165) is 26.1 Å². The van der Waals surface area contributed by atoms with Crippen molar-refractivity contribution >= 4 is 0 Å². The van der Waals surface area contributed by atoms with Crippen molar-refractivity contribution in [3.8, 4) is 0 Å². The number of nitrogens with zero attached hydrogens (tertiary/aromatic N) is 3. The van der Waals surface area contributed by atoms with Gasteiger partial charge in [-0.15, -0.1) is 0 Å². The SMILES string of the molecule is CC(C)CNCc1ccn(CCc2cnn(C)c2)c1. The highest BCUT2D eigenvalue weighted by molar-refractivity contribution is 5.11. The van der Waals surface area contributed by atoms with Crippen molar-refractivity contribution in [1.29, 1.82) is 0 Å². The van der Waals surface area contributed by atoms with E-state index in [-0.39, 0.29) is 0 Å². The van der Waals surface area contributed by atoms with Gasteiger partial charge in [0.1, 0.15) is 0 Å². The maximum atomic E-state index is 4.19. The summed E-state index contributed by atoms with van der Waals surface area (Å²) in [5.41, 5.74) is 2.64. The third-order valence-corrected chi connectivity index (χ3v) is 3.11. The van der Waals surface area contributed by atoms with Gasteiger partial charge in [-0.3, -0.25) is 4.68 Å². The monoisotopic (exact) mass is 260 g/mol.